The number of benzene rings is 2. The molecule has 2 aliphatic heterocycles. The number of nitrogens with zero attached hydrogens (tertiary/aromatic N) is 2. The van der Waals surface area contributed by atoms with Gasteiger partial charge in [0.2, 0.25) is 0 Å². The molecule has 10 heteroatoms. The zero-order chi connectivity index (χ0) is 25.8. The minimum absolute atomic E-state index is 0.0452. The van der Waals surface area contributed by atoms with Gasteiger partial charge in [-0.2, -0.15) is 0 Å². The van der Waals surface area contributed by atoms with Gasteiger partial charge in [-0.05, 0) is 37.1 Å². The third-order valence-corrected chi connectivity index (χ3v) is 6.58. The fraction of sp³-hybridized carbons (Fsp3) is 0.462. The van der Waals surface area contributed by atoms with Gasteiger partial charge in [-0.3, -0.25) is 14.2 Å². The molecule has 1 unspecified atom stereocenters. The predicted octanol–water partition coefficient (Wildman–Crippen LogP) is 5.56. The lowest BCUT2D eigenvalue weighted by Gasteiger charge is -2.37. The number of halogens is 6. The molecule has 36 heavy (non-hydrogen) atoms. The number of H-pyrrole nitrogens is 1. The van der Waals surface area contributed by atoms with Gasteiger partial charge in [0.1, 0.15) is 29.8 Å². The lowest BCUT2D eigenvalue weighted by atomic mass is 9.98. The number of hydrogen-bond acceptors (Lipinski definition) is 3. The second kappa shape index (κ2) is 11.6. The van der Waals surface area contributed by atoms with Crippen molar-refractivity contribution in [2.75, 3.05) is 39.5 Å². The zero-order valence-corrected chi connectivity index (χ0v) is 19.9. The lowest BCUT2D eigenvalue weighted by Crippen LogP contribution is -2.49. The van der Waals surface area contributed by atoms with Crippen molar-refractivity contribution < 1.29 is 31.1 Å². The summed E-state index contributed by atoms with van der Waals surface area (Å²) in [6, 6.07) is 7.75. The average Bonchev–Trinajstić information content (AvgIpc) is 3.11. The average molecular weight is 514 g/mol. The number of ether oxygens (including phenoxy) is 1. The number of hydrogen-bond donors (Lipinski definition) is 1. The molecule has 1 atom stereocenters. The largest absolute Gasteiger partial charge is 0.492 e. The number of fused-ring (bicyclic) bond motifs is 3. The van der Waals surface area contributed by atoms with Crippen LogP contribution in [0.3, 0.4) is 0 Å². The molecule has 0 bridgehead atoms. The van der Waals surface area contributed by atoms with Crippen LogP contribution in [0.1, 0.15) is 18.2 Å². The van der Waals surface area contributed by atoms with Gasteiger partial charge in [-0.15, -0.1) is 0 Å². The first kappa shape index (κ1) is 26.3. The molecular formula is C26H29F6N3O. The summed E-state index contributed by atoms with van der Waals surface area (Å²) in [6.45, 7) is 4.36. The fourth-order valence-corrected chi connectivity index (χ4v) is 4.71. The molecule has 2 aliphatic rings. The summed E-state index contributed by atoms with van der Waals surface area (Å²) in [5.74, 6) is -1.24. The Bertz CT molecular complexity index is 1140. The highest BCUT2D eigenvalue weighted by atomic mass is 19.3. The first-order chi connectivity index (χ1) is 17.2. The summed E-state index contributed by atoms with van der Waals surface area (Å²) in [7, 11) is 0. The molecule has 2 aromatic carbocycles. The molecule has 0 spiro atoms. The Morgan fingerprint density at radius 2 is 1.75 bits per heavy atom. The summed E-state index contributed by atoms with van der Waals surface area (Å²) in [5, 5.41) is 0.874. The second-order valence-corrected chi connectivity index (χ2v) is 9.38. The van der Waals surface area contributed by atoms with Gasteiger partial charge < -0.3 is 9.72 Å². The van der Waals surface area contributed by atoms with E-state index in [1.165, 1.54) is 12.1 Å². The summed E-state index contributed by atoms with van der Waals surface area (Å²) in [4.78, 5) is 7.02. The maximum absolute atomic E-state index is 13.3. The van der Waals surface area contributed by atoms with Crippen molar-refractivity contribution in [3.8, 4) is 5.75 Å². The van der Waals surface area contributed by atoms with Crippen molar-refractivity contribution in [2.24, 2.45) is 5.92 Å². The van der Waals surface area contributed by atoms with Crippen molar-refractivity contribution in [1.82, 2.24) is 14.8 Å². The van der Waals surface area contributed by atoms with E-state index >= 15 is 0 Å². The van der Waals surface area contributed by atoms with Gasteiger partial charge >= 0.3 is 0 Å². The number of aromatic nitrogens is 1. The van der Waals surface area contributed by atoms with Gasteiger partial charge in [-0.25, -0.2) is 22.0 Å². The van der Waals surface area contributed by atoms with Gasteiger partial charge in [0.15, 0.2) is 0 Å². The van der Waals surface area contributed by atoms with Gasteiger partial charge in [0, 0.05) is 72.9 Å². The van der Waals surface area contributed by atoms with Crippen LogP contribution in [-0.2, 0) is 13.0 Å². The standard InChI is InChI=1S/C14H15F3N2.C12H14F3NO/c1-8-4-10-11-5-9(15)2-3-12(11)18-13(10)6-19(8)7-14(16)17;13-6-9-7-16(8-9)1-2-17-12-4-10(14)3-11(15)5-12/h2-3,5,8,14,18H,4,6-7H2,1H3;3-5,9H,1-2,6-8H2. The molecule has 1 fully saturated rings. The monoisotopic (exact) mass is 513 g/mol. The normalized spacial score (nSPS) is 18.6. The molecule has 0 radical (unpaired) electrons. The molecule has 1 N–H and O–H groups in total. The molecule has 0 saturated carbocycles. The van der Waals surface area contributed by atoms with Crippen LogP contribution < -0.4 is 4.74 Å². The second-order valence-electron chi connectivity index (χ2n) is 9.38. The quantitative estimate of drug-likeness (QED) is 0.420. The van der Waals surface area contributed by atoms with Crippen LogP contribution >= 0.6 is 0 Å². The maximum atomic E-state index is 13.3. The smallest absolute Gasteiger partial charge is 0.251 e. The van der Waals surface area contributed by atoms with E-state index in [0.717, 1.165) is 53.4 Å². The Balaban J connectivity index is 0.000000170. The Morgan fingerprint density at radius 1 is 1.03 bits per heavy atom. The minimum atomic E-state index is -2.33. The van der Waals surface area contributed by atoms with Crippen molar-refractivity contribution in [2.45, 2.75) is 32.4 Å². The molecule has 3 heterocycles. The highest BCUT2D eigenvalue weighted by Crippen LogP contribution is 2.31. The predicted molar refractivity (Wildman–Crippen MR) is 126 cm³/mol. The Kier molecular flexibility index (Phi) is 8.46. The van der Waals surface area contributed by atoms with Crippen LogP contribution in [0.2, 0.25) is 0 Å². The number of likely N-dealkylation sites (tertiary alicyclic amines) is 1. The van der Waals surface area contributed by atoms with Crippen LogP contribution in [0, 0.1) is 23.4 Å². The lowest BCUT2D eigenvalue weighted by molar-refractivity contribution is 0.0597. The summed E-state index contributed by atoms with van der Waals surface area (Å²) in [6.07, 6.45) is -1.66. The van der Waals surface area contributed by atoms with E-state index in [9.17, 15) is 26.3 Å². The van der Waals surface area contributed by atoms with E-state index < -0.39 is 18.1 Å². The van der Waals surface area contributed by atoms with Crippen LogP contribution in [0.15, 0.2) is 36.4 Å². The van der Waals surface area contributed by atoms with E-state index in [1.807, 2.05) is 11.8 Å². The Morgan fingerprint density at radius 3 is 2.42 bits per heavy atom. The van der Waals surface area contributed by atoms with Crippen molar-refractivity contribution in [1.29, 1.82) is 0 Å². The molecule has 1 saturated heterocycles. The molecule has 3 aromatic rings. The number of nitrogens with one attached hydrogen (secondary N) is 1. The first-order valence-electron chi connectivity index (χ1n) is 11.9. The minimum Gasteiger partial charge on any atom is -0.492 e. The van der Waals surface area contributed by atoms with E-state index in [-0.39, 0.29) is 36.7 Å². The number of rotatable bonds is 7. The number of aromatic amines is 1. The molecule has 1 aromatic heterocycles. The van der Waals surface area contributed by atoms with Crippen LogP contribution in [-0.4, -0.2) is 66.7 Å². The zero-order valence-electron chi connectivity index (χ0n) is 19.9. The third-order valence-electron chi connectivity index (χ3n) is 6.58. The van der Waals surface area contributed by atoms with E-state index in [2.05, 4.69) is 4.98 Å². The van der Waals surface area contributed by atoms with Crippen molar-refractivity contribution >= 4 is 10.9 Å². The van der Waals surface area contributed by atoms with Gasteiger partial charge in [0.25, 0.3) is 6.43 Å². The fourth-order valence-electron chi connectivity index (χ4n) is 4.71. The SMILES string of the molecule is CC1Cc2c([nH]c3ccc(F)cc23)CN1CC(F)F.FCC1CN(CCOc2cc(F)cc(F)c2)C1. The highest BCUT2D eigenvalue weighted by Gasteiger charge is 2.28. The molecule has 196 valence electrons. The topological polar surface area (TPSA) is 31.5 Å². The molecule has 0 aliphatic carbocycles. The van der Waals surface area contributed by atoms with E-state index in [1.54, 1.807) is 11.0 Å². The highest BCUT2D eigenvalue weighted by molar-refractivity contribution is 5.85. The molecule has 0 amide bonds. The number of alkyl halides is 3. The molecule has 5 rings (SSSR count). The first-order valence-corrected chi connectivity index (χ1v) is 11.9. The van der Waals surface area contributed by atoms with E-state index in [0.29, 0.717) is 26.1 Å². The summed E-state index contributed by atoms with van der Waals surface area (Å²) < 4.78 is 81.4. The van der Waals surface area contributed by atoms with Crippen LogP contribution in [0.25, 0.3) is 10.9 Å². The van der Waals surface area contributed by atoms with Crippen LogP contribution in [0.5, 0.6) is 5.75 Å². The molecular weight excluding hydrogens is 484 g/mol. The maximum Gasteiger partial charge on any atom is 0.251 e. The van der Waals surface area contributed by atoms with Gasteiger partial charge in [-0.1, -0.05) is 0 Å². The third kappa shape index (κ3) is 6.53. The van der Waals surface area contributed by atoms with Crippen molar-refractivity contribution in [3.63, 3.8) is 0 Å². The Labute approximate surface area is 205 Å². The molecule has 4 nitrogen and oxygen atoms in total. The summed E-state index contributed by atoms with van der Waals surface area (Å²) in [5.41, 5.74) is 2.87. The van der Waals surface area contributed by atoms with Gasteiger partial charge in [0.05, 0.1) is 13.2 Å². The summed E-state index contributed by atoms with van der Waals surface area (Å²) >= 11 is 0. The van der Waals surface area contributed by atoms with E-state index in [4.69, 9.17) is 4.74 Å². The van der Waals surface area contributed by atoms with Crippen LogP contribution in [0.4, 0.5) is 26.3 Å². The van der Waals surface area contributed by atoms with Crippen molar-refractivity contribution in [3.05, 3.63) is 65.1 Å². The Hall–Kier alpha value is -2.72.